The zero-order valence-electron chi connectivity index (χ0n) is 6.60. The van der Waals surface area contributed by atoms with Crippen molar-refractivity contribution in [1.29, 1.82) is 0 Å². The molecule has 0 saturated heterocycles. The number of nitrogens with one attached hydrogen (secondary N) is 2. The number of urea groups is 1. The molecule has 0 fully saturated rings. The molecule has 0 aliphatic rings. The molecule has 2 amide bonds. The molecule has 0 spiro atoms. The van der Waals surface area contributed by atoms with E-state index in [0.717, 1.165) is 19.5 Å². The van der Waals surface area contributed by atoms with Crippen LogP contribution in [0.2, 0.25) is 0 Å². The lowest BCUT2D eigenvalue weighted by Crippen LogP contribution is -2.35. The standard InChI is InChI=1S/C7H15N3O/c1-2-3-4-9-5-6-10-7(8)11/h2,9H,1,3-6H2,(H3,8,10,11). The number of hydrogen-bond acceptors (Lipinski definition) is 2. The van der Waals surface area contributed by atoms with Crippen molar-refractivity contribution in [3.05, 3.63) is 12.7 Å². The first-order valence-corrected chi connectivity index (χ1v) is 3.62. The summed E-state index contributed by atoms with van der Waals surface area (Å²) in [7, 11) is 0. The van der Waals surface area contributed by atoms with Gasteiger partial charge in [0.05, 0.1) is 0 Å². The molecule has 0 heterocycles. The minimum atomic E-state index is -0.476. The minimum absolute atomic E-state index is 0.476. The van der Waals surface area contributed by atoms with Crippen LogP contribution in [0.15, 0.2) is 12.7 Å². The Hall–Kier alpha value is -1.03. The van der Waals surface area contributed by atoms with Gasteiger partial charge in [0, 0.05) is 13.1 Å². The summed E-state index contributed by atoms with van der Waals surface area (Å²) < 4.78 is 0. The van der Waals surface area contributed by atoms with Crippen LogP contribution in [0.5, 0.6) is 0 Å². The molecule has 0 aliphatic heterocycles. The van der Waals surface area contributed by atoms with E-state index in [1.807, 2.05) is 6.08 Å². The highest BCUT2D eigenvalue weighted by atomic mass is 16.2. The summed E-state index contributed by atoms with van der Waals surface area (Å²) in [4.78, 5) is 10.2. The molecule has 11 heavy (non-hydrogen) atoms. The van der Waals surface area contributed by atoms with Gasteiger partial charge in [0.1, 0.15) is 0 Å². The number of nitrogens with two attached hydrogens (primary N) is 1. The van der Waals surface area contributed by atoms with Crippen LogP contribution >= 0.6 is 0 Å². The third-order valence-electron chi connectivity index (χ3n) is 1.13. The van der Waals surface area contributed by atoms with Crippen molar-refractivity contribution in [2.75, 3.05) is 19.6 Å². The van der Waals surface area contributed by atoms with E-state index < -0.39 is 6.03 Å². The van der Waals surface area contributed by atoms with Gasteiger partial charge in [-0.1, -0.05) is 6.08 Å². The Balaban J connectivity index is 2.90. The third kappa shape index (κ3) is 8.97. The van der Waals surface area contributed by atoms with Crippen molar-refractivity contribution in [3.8, 4) is 0 Å². The predicted octanol–water partition coefficient (Wildman–Crippen LogP) is -0.180. The van der Waals surface area contributed by atoms with Gasteiger partial charge in [-0.3, -0.25) is 0 Å². The van der Waals surface area contributed by atoms with Crippen molar-refractivity contribution in [3.63, 3.8) is 0 Å². The molecular formula is C7H15N3O. The van der Waals surface area contributed by atoms with Crippen molar-refractivity contribution in [2.45, 2.75) is 6.42 Å². The first-order valence-electron chi connectivity index (χ1n) is 3.62. The van der Waals surface area contributed by atoms with Gasteiger partial charge in [0.25, 0.3) is 0 Å². The van der Waals surface area contributed by atoms with E-state index in [9.17, 15) is 4.79 Å². The van der Waals surface area contributed by atoms with Gasteiger partial charge >= 0.3 is 6.03 Å². The maximum absolute atomic E-state index is 10.2. The summed E-state index contributed by atoms with van der Waals surface area (Å²) in [6.07, 6.45) is 2.78. The summed E-state index contributed by atoms with van der Waals surface area (Å²) in [5.74, 6) is 0. The van der Waals surface area contributed by atoms with E-state index >= 15 is 0 Å². The number of amides is 2. The fourth-order valence-electron chi connectivity index (χ4n) is 0.603. The van der Waals surface area contributed by atoms with Gasteiger partial charge in [0.2, 0.25) is 0 Å². The number of rotatable bonds is 6. The fourth-order valence-corrected chi connectivity index (χ4v) is 0.603. The SMILES string of the molecule is C=CCCNCCNC(N)=O. The summed E-state index contributed by atoms with van der Waals surface area (Å²) in [6, 6.07) is -0.476. The van der Waals surface area contributed by atoms with E-state index in [0.29, 0.717) is 6.54 Å². The molecule has 4 heteroatoms. The van der Waals surface area contributed by atoms with Crippen LogP contribution in [0.25, 0.3) is 0 Å². The maximum atomic E-state index is 10.2. The first-order chi connectivity index (χ1) is 5.27. The van der Waals surface area contributed by atoms with Gasteiger partial charge in [-0.25, -0.2) is 4.79 Å². The smallest absolute Gasteiger partial charge is 0.312 e. The largest absolute Gasteiger partial charge is 0.352 e. The van der Waals surface area contributed by atoms with Gasteiger partial charge in [-0.2, -0.15) is 0 Å². The lowest BCUT2D eigenvalue weighted by Gasteiger charge is -2.02. The molecule has 0 atom stereocenters. The van der Waals surface area contributed by atoms with E-state index in [2.05, 4.69) is 17.2 Å². The van der Waals surface area contributed by atoms with Crippen LogP contribution in [-0.2, 0) is 0 Å². The maximum Gasteiger partial charge on any atom is 0.312 e. The topological polar surface area (TPSA) is 67.2 Å². The van der Waals surface area contributed by atoms with E-state index in [1.165, 1.54) is 0 Å². The van der Waals surface area contributed by atoms with Gasteiger partial charge < -0.3 is 16.4 Å². The Labute approximate surface area is 66.8 Å². The second kappa shape index (κ2) is 7.08. The molecule has 0 aromatic heterocycles. The zero-order valence-corrected chi connectivity index (χ0v) is 6.60. The quantitative estimate of drug-likeness (QED) is 0.370. The Morgan fingerprint density at radius 3 is 2.73 bits per heavy atom. The summed E-state index contributed by atoms with van der Waals surface area (Å²) >= 11 is 0. The lowest BCUT2D eigenvalue weighted by molar-refractivity contribution is 0.249. The molecule has 4 nitrogen and oxygen atoms in total. The molecule has 0 bridgehead atoms. The van der Waals surface area contributed by atoms with Crippen LogP contribution in [0.1, 0.15) is 6.42 Å². The summed E-state index contributed by atoms with van der Waals surface area (Å²) in [6.45, 7) is 5.79. The Bertz CT molecular complexity index is 125. The van der Waals surface area contributed by atoms with Crippen LogP contribution in [0.4, 0.5) is 4.79 Å². The van der Waals surface area contributed by atoms with Crippen LogP contribution in [0, 0.1) is 0 Å². The Kier molecular flexibility index (Phi) is 6.42. The highest BCUT2D eigenvalue weighted by Gasteiger charge is 1.88. The molecule has 0 unspecified atom stereocenters. The van der Waals surface area contributed by atoms with Crippen LogP contribution < -0.4 is 16.4 Å². The van der Waals surface area contributed by atoms with Gasteiger partial charge in [-0.05, 0) is 13.0 Å². The number of carbonyl (C=O) groups is 1. The second-order valence-corrected chi connectivity index (χ2v) is 2.12. The first kappa shape index (κ1) is 9.97. The average molecular weight is 157 g/mol. The van der Waals surface area contributed by atoms with Gasteiger partial charge in [-0.15, -0.1) is 6.58 Å². The molecule has 64 valence electrons. The number of primary amides is 1. The summed E-state index contributed by atoms with van der Waals surface area (Å²) in [5.41, 5.74) is 4.84. The third-order valence-corrected chi connectivity index (χ3v) is 1.13. The van der Waals surface area contributed by atoms with E-state index in [4.69, 9.17) is 5.73 Å². The molecule has 0 aromatic rings. The van der Waals surface area contributed by atoms with E-state index in [1.54, 1.807) is 0 Å². The predicted molar refractivity (Wildman–Crippen MR) is 45.3 cm³/mol. The molecule has 0 aromatic carbocycles. The molecule has 0 saturated carbocycles. The molecule has 0 rings (SSSR count). The fraction of sp³-hybridized carbons (Fsp3) is 0.571. The van der Waals surface area contributed by atoms with E-state index in [-0.39, 0.29) is 0 Å². The Morgan fingerprint density at radius 1 is 1.45 bits per heavy atom. The minimum Gasteiger partial charge on any atom is -0.352 e. The van der Waals surface area contributed by atoms with Crippen LogP contribution in [0.3, 0.4) is 0 Å². The highest BCUT2D eigenvalue weighted by Crippen LogP contribution is 1.73. The summed E-state index contributed by atoms with van der Waals surface area (Å²) in [5, 5.41) is 5.57. The molecule has 0 radical (unpaired) electrons. The van der Waals surface area contributed by atoms with Crippen molar-refractivity contribution in [1.82, 2.24) is 10.6 Å². The molecule has 0 aliphatic carbocycles. The second-order valence-electron chi connectivity index (χ2n) is 2.12. The zero-order chi connectivity index (χ0) is 8.53. The monoisotopic (exact) mass is 157 g/mol. The number of hydrogen-bond donors (Lipinski definition) is 3. The van der Waals surface area contributed by atoms with Gasteiger partial charge in [0.15, 0.2) is 0 Å². The molecule has 4 N–H and O–H groups in total. The highest BCUT2D eigenvalue weighted by molar-refractivity contribution is 5.71. The lowest BCUT2D eigenvalue weighted by atomic mass is 10.4. The Morgan fingerprint density at radius 2 is 2.18 bits per heavy atom. The normalized spacial score (nSPS) is 9.09. The molecular weight excluding hydrogens is 142 g/mol. The number of carbonyl (C=O) groups excluding carboxylic acids is 1. The van der Waals surface area contributed by atoms with Crippen molar-refractivity contribution >= 4 is 6.03 Å². The van der Waals surface area contributed by atoms with Crippen molar-refractivity contribution < 1.29 is 4.79 Å². The average Bonchev–Trinajstić information content (AvgIpc) is 1.96. The van der Waals surface area contributed by atoms with Crippen molar-refractivity contribution in [2.24, 2.45) is 5.73 Å². The van der Waals surface area contributed by atoms with Crippen LogP contribution in [-0.4, -0.2) is 25.7 Å².